The van der Waals surface area contributed by atoms with E-state index in [0.717, 1.165) is 30.7 Å². The topological polar surface area (TPSA) is 25.4 Å². The van der Waals surface area contributed by atoms with E-state index >= 15 is 0 Å². The zero-order valence-electron chi connectivity index (χ0n) is 11.2. The molecule has 1 aromatic carbocycles. The Morgan fingerprint density at radius 2 is 2.15 bits per heavy atom. The van der Waals surface area contributed by atoms with Crippen LogP contribution in [0.2, 0.25) is 0 Å². The molecular formula is C16H17BrN2O. The first-order valence-electron chi connectivity index (χ1n) is 6.80. The number of ether oxygens (including phenoxy) is 1. The number of nitrogens with zero attached hydrogens (tertiary/aromatic N) is 2. The number of pyridine rings is 1. The van der Waals surface area contributed by atoms with E-state index in [-0.39, 0.29) is 6.10 Å². The Bertz CT molecular complexity index is 561. The van der Waals surface area contributed by atoms with Crippen LogP contribution < -0.4 is 0 Å². The van der Waals surface area contributed by atoms with Gasteiger partial charge < -0.3 is 4.74 Å². The Morgan fingerprint density at radius 3 is 2.95 bits per heavy atom. The van der Waals surface area contributed by atoms with Crippen molar-refractivity contribution >= 4 is 15.9 Å². The Balaban J connectivity index is 1.69. The summed E-state index contributed by atoms with van der Waals surface area (Å²) >= 11 is 3.61. The van der Waals surface area contributed by atoms with Crippen LogP contribution in [0.4, 0.5) is 0 Å². The minimum absolute atomic E-state index is 0.135. The molecule has 104 valence electrons. The highest BCUT2D eigenvalue weighted by Crippen LogP contribution is 2.28. The zero-order valence-corrected chi connectivity index (χ0v) is 12.8. The second-order valence-electron chi connectivity index (χ2n) is 4.98. The zero-order chi connectivity index (χ0) is 13.8. The summed E-state index contributed by atoms with van der Waals surface area (Å²) in [5.74, 6) is 0. The van der Waals surface area contributed by atoms with Gasteiger partial charge in [0.1, 0.15) is 0 Å². The maximum atomic E-state index is 5.93. The van der Waals surface area contributed by atoms with Crippen LogP contribution in [-0.2, 0) is 11.3 Å². The standard InChI is InChI=1S/C16H17BrN2O/c17-15-6-2-1-5-14(15)16-12-19(8-9-20-16)11-13-4-3-7-18-10-13/h1-7,10,16H,8-9,11-12H2/t16-/m0/s1. The van der Waals surface area contributed by atoms with Gasteiger partial charge in [-0.25, -0.2) is 0 Å². The molecule has 1 aliphatic heterocycles. The number of hydrogen-bond donors (Lipinski definition) is 0. The van der Waals surface area contributed by atoms with E-state index in [0.29, 0.717) is 0 Å². The minimum atomic E-state index is 0.135. The van der Waals surface area contributed by atoms with Gasteiger partial charge in [-0.15, -0.1) is 0 Å². The van der Waals surface area contributed by atoms with Gasteiger partial charge in [-0.2, -0.15) is 0 Å². The molecule has 0 spiro atoms. The molecule has 1 aliphatic rings. The Hall–Kier alpha value is -1.23. The molecular weight excluding hydrogens is 316 g/mol. The van der Waals surface area contributed by atoms with Crippen molar-refractivity contribution in [3.8, 4) is 0 Å². The van der Waals surface area contributed by atoms with E-state index < -0.39 is 0 Å². The SMILES string of the molecule is Brc1ccccc1[C@@H]1CN(Cc2cccnc2)CCO1. The molecule has 0 radical (unpaired) electrons. The van der Waals surface area contributed by atoms with E-state index in [9.17, 15) is 0 Å². The summed E-state index contributed by atoms with van der Waals surface area (Å²) in [4.78, 5) is 6.60. The van der Waals surface area contributed by atoms with Gasteiger partial charge in [-0.05, 0) is 23.3 Å². The fourth-order valence-electron chi connectivity index (χ4n) is 2.52. The van der Waals surface area contributed by atoms with Crippen molar-refractivity contribution in [2.75, 3.05) is 19.7 Å². The number of morpholine rings is 1. The molecule has 0 saturated carbocycles. The molecule has 0 unspecified atom stereocenters. The van der Waals surface area contributed by atoms with Crippen LogP contribution in [0.15, 0.2) is 53.3 Å². The third kappa shape index (κ3) is 3.26. The van der Waals surface area contributed by atoms with Gasteiger partial charge in [0, 0.05) is 36.5 Å². The van der Waals surface area contributed by atoms with Crippen molar-refractivity contribution in [2.45, 2.75) is 12.6 Å². The first-order chi connectivity index (χ1) is 9.83. The van der Waals surface area contributed by atoms with Crippen molar-refractivity contribution in [2.24, 2.45) is 0 Å². The molecule has 1 atom stereocenters. The average molecular weight is 333 g/mol. The predicted octanol–water partition coefficient (Wildman–Crippen LogP) is 3.42. The van der Waals surface area contributed by atoms with Gasteiger partial charge in [0.15, 0.2) is 0 Å². The monoisotopic (exact) mass is 332 g/mol. The van der Waals surface area contributed by atoms with Gasteiger partial charge >= 0.3 is 0 Å². The normalized spacial score (nSPS) is 19.9. The summed E-state index contributed by atoms with van der Waals surface area (Å²) in [7, 11) is 0. The predicted molar refractivity (Wildman–Crippen MR) is 82.3 cm³/mol. The number of hydrogen-bond acceptors (Lipinski definition) is 3. The minimum Gasteiger partial charge on any atom is -0.371 e. The van der Waals surface area contributed by atoms with Crippen molar-refractivity contribution in [3.63, 3.8) is 0 Å². The van der Waals surface area contributed by atoms with E-state index in [2.05, 4.69) is 50.1 Å². The summed E-state index contributed by atoms with van der Waals surface area (Å²) in [5, 5.41) is 0. The third-order valence-corrected chi connectivity index (χ3v) is 4.25. The maximum absolute atomic E-state index is 5.93. The van der Waals surface area contributed by atoms with Crippen molar-refractivity contribution in [3.05, 3.63) is 64.4 Å². The number of aromatic nitrogens is 1. The Morgan fingerprint density at radius 1 is 1.25 bits per heavy atom. The molecule has 0 aliphatic carbocycles. The molecule has 0 bridgehead atoms. The maximum Gasteiger partial charge on any atom is 0.0963 e. The van der Waals surface area contributed by atoms with Crippen LogP contribution in [0.5, 0.6) is 0 Å². The molecule has 4 heteroatoms. The van der Waals surface area contributed by atoms with Crippen LogP contribution in [0.3, 0.4) is 0 Å². The van der Waals surface area contributed by atoms with Gasteiger partial charge in [0.2, 0.25) is 0 Å². The molecule has 1 saturated heterocycles. The van der Waals surface area contributed by atoms with Crippen LogP contribution in [0.25, 0.3) is 0 Å². The van der Waals surface area contributed by atoms with E-state index in [1.807, 2.05) is 24.5 Å². The van der Waals surface area contributed by atoms with E-state index in [4.69, 9.17) is 4.74 Å². The summed E-state index contributed by atoms with van der Waals surface area (Å²) in [5.41, 5.74) is 2.48. The van der Waals surface area contributed by atoms with Gasteiger partial charge in [-0.1, -0.05) is 40.2 Å². The molecule has 3 nitrogen and oxygen atoms in total. The second kappa shape index (κ2) is 6.48. The molecule has 1 aromatic heterocycles. The van der Waals surface area contributed by atoms with E-state index in [1.54, 1.807) is 0 Å². The first-order valence-corrected chi connectivity index (χ1v) is 7.59. The molecule has 20 heavy (non-hydrogen) atoms. The summed E-state index contributed by atoms with van der Waals surface area (Å²) < 4.78 is 7.04. The first kappa shape index (κ1) is 13.7. The number of halogens is 1. The van der Waals surface area contributed by atoms with Gasteiger partial charge in [0.05, 0.1) is 12.7 Å². The highest BCUT2D eigenvalue weighted by molar-refractivity contribution is 9.10. The molecule has 0 N–H and O–H groups in total. The highest BCUT2D eigenvalue weighted by atomic mass is 79.9. The molecule has 1 fully saturated rings. The highest BCUT2D eigenvalue weighted by Gasteiger charge is 2.23. The lowest BCUT2D eigenvalue weighted by molar-refractivity contribution is -0.0332. The number of benzene rings is 1. The smallest absolute Gasteiger partial charge is 0.0963 e. The third-order valence-electron chi connectivity index (χ3n) is 3.53. The second-order valence-corrected chi connectivity index (χ2v) is 5.83. The van der Waals surface area contributed by atoms with Gasteiger partial charge in [0.25, 0.3) is 0 Å². The van der Waals surface area contributed by atoms with Crippen LogP contribution in [0, 0.1) is 0 Å². The lowest BCUT2D eigenvalue weighted by Crippen LogP contribution is -2.37. The van der Waals surface area contributed by atoms with Gasteiger partial charge in [-0.3, -0.25) is 9.88 Å². The molecule has 0 amide bonds. The van der Waals surface area contributed by atoms with Crippen LogP contribution in [-0.4, -0.2) is 29.6 Å². The van der Waals surface area contributed by atoms with Crippen molar-refractivity contribution < 1.29 is 4.74 Å². The number of rotatable bonds is 3. The fraction of sp³-hybridized carbons (Fsp3) is 0.312. The molecule has 2 heterocycles. The Labute approximate surface area is 127 Å². The summed E-state index contributed by atoms with van der Waals surface area (Å²) in [6.45, 7) is 3.58. The lowest BCUT2D eigenvalue weighted by atomic mass is 10.1. The lowest BCUT2D eigenvalue weighted by Gasteiger charge is -2.33. The van der Waals surface area contributed by atoms with E-state index in [1.165, 1.54) is 11.1 Å². The quantitative estimate of drug-likeness (QED) is 0.861. The van der Waals surface area contributed by atoms with Crippen molar-refractivity contribution in [1.29, 1.82) is 0 Å². The van der Waals surface area contributed by atoms with Crippen molar-refractivity contribution in [1.82, 2.24) is 9.88 Å². The van der Waals surface area contributed by atoms with Crippen LogP contribution in [0.1, 0.15) is 17.2 Å². The fourth-order valence-corrected chi connectivity index (χ4v) is 3.06. The van der Waals surface area contributed by atoms with Crippen LogP contribution >= 0.6 is 15.9 Å². The summed E-state index contributed by atoms with van der Waals surface area (Å²) in [6, 6.07) is 12.4. The summed E-state index contributed by atoms with van der Waals surface area (Å²) in [6.07, 6.45) is 3.88. The largest absolute Gasteiger partial charge is 0.371 e. The molecule has 2 aromatic rings. The molecule has 3 rings (SSSR count). The average Bonchev–Trinajstić information content (AvgIpc) is 2.49. The Kier molecular flexibility index (Phi) is 4.45.